The molecule has 2 amide bonds. The number of urea groups is 1. The second-order valence-corrected chi connectivity index (χ2v) is 4.96. The van der Waals surface area contributed by atoms with E-state index in [4.69, 9.17) is 5.11 Å². The molecule has 82 valence electrons. The van der Waals surface area contributed by atoms with Crippen molar-refractivity contribution < 1.29 is 9.90 Å². The lowest BCUT2D eigenvalue weighted by Gasteiger charge is -2.25. The van der Waals surface area contributed by atoms with E-state index in [0.717, 1.165) is 13.0 Å². The van der Waals surface area contributed by atoms with Crippen molar-refractivity contribution in [3.8, 4) is 0 Å². The largest absolute Gasteiger partial charge is 0.396 e. The maximum Gasteiger partial charge on any atom is 0.317 e. The van der Waals surface area contributed by atoms with Crippen LogP contribution in [0.3, 0.4) is 0 Å². The normalized spacial score (nSPS) is 22.6. The van der Waals surface area contributed by atoms with Crippen LogP contribution in [0.25, 0.3) is 0 Å². The topological polar surface area (TPSA) is 52.6 Å². The second-order valence-electron chi connectivity index (χ2n) is 4.96. The number of nitrogens with one attached hydrogen (secondary N) is 1. The number of aliphatic hydroxyl groups excluding tert-OH is 1. The van der Waals surface area contributed by atoms with Crippen LogP contribution in [0.1, 0.15) is 27.2 Å². The van der Waals surface area contributed by atoms with E-state index >= 15 is 0 Å². The van der Waals surface area contributed by atoms with Gasteiger partial charge in [0.1, 0.15) is 0 Å². The van der Waals surface area contributed by atoms with Gasteiger partial charge in [-0.15, -0.1) is 0 Å². The third kappa shape index (κ3) is 3.18. The highest BCUT2D eigenvalue weighted by Gasteiger charge is 2.27. The maximum absolute atomic E-state index is 11.7. The Morgan fingerprint density at radius 2 is 2.21 bits per heavy atom. The fraction of sp³-hybridized carbons (Fsp3) is 0.900. The minimum absolute atomic E-state index is 0.0200. The molecule has 4 heteroatoms. The van der Waals surface area contributed by atoms with Gasteiger partial charge in [-0.2, -0.15) is 0 Å². The molecule has 1 aliphatic rings. The zero-order valence-corrected chi connectivity index (χ0v) is 9.21. The highest BCUT2D eigenvalue weighted by atomic mass is 16.3. The molecule has 0 aromatic rings. The molecule has 0 aliphatic carbocycles. The molecule has 0 aromatic heterocycles. The van der Waals surface area contributed by atoms with E-state index in [-0.39, 0.29) is 24.1 Å². The molecule has 0 saturated carbocycles. The van der Waals surface area contributed by atoms with E-state index < -0.39 is 0 Å². The average molecular weight is 200 g/mol. The van der Waals surface area contributed by atoms with Gasteiger partial charge < -0.3 is 15.3 Å². The van der Waals surface area contributed by atoms with Gasteiger partial charge in [-0.05, 0) is 27.2 Å². The summed E-state index contributed by atoms with van der Waals surface area (Å²) >= 11 is 0. The number of rotatable bonds is 1. The number of carbonyl (C=O) groups excluding carboxylic acids is 1. The molecule has 1 unspecified atom stereocenters. The van der Waals surface area contributed by atoms with Gasteiger partial charge in [0.25, 0.3) is 0 Å². The fourth-order valence-corrected chi connectivity index (χ4v) is 1.57. The van der Waals surface area contributed by atoms with Crippen molar-refractivity contribution in [3.05, 3.63) is 0 Å². The Morgan fingerprint density at radius 1 is 1.57 bits per heavy atom. The summed E-state index contributed by atoms with van der Waals surface area (Å²) in [6, 6.07) is -0.0200. The van der Waals surface area contributed by atoms with Crippen LogP contribution in [0.5, 0.6) is 0 Å². The van der Waals surface area contributed by atoms with Crippen molar-refractivity contribution in [2.45, 2.75) is 32.7 Å². The molecular weight excluding hydrogens is 180 g/mol. The lowest BCUT2D eigenvalue weighted by Crippen LogP contribution is -2.47. The van der Waals surface area contributed by atoms with E-state index in [2.05, 4.69) is 5.32 Å². The molecule has 0 bridgehead atoms. The highest BCUT2D eigenvalue weighted by Crippen LogP contribution is 2.15. The SMILES string of the molecule is CC(C)(C)NC(=O)N1CCC(CO)C1. The number of hydrogen-bond acceptors (Lipinski definition) is 2. The Balaban J connectivity index is 2.40. The van der Waals surface area contributed by atoms with Crippen LogP contribution in [-0.4, -0.2) is 41.3 Å². The van der Waals surface area contributed by atoms with Crippen molar-refractivity contribution in [2.24, 2.45) is 5.92 Å². The lowest BCUT2D eigenvalue weighted by atomic mass is 10.1. The molecule has 14 heavy (non-hydrogen) atoms. The molecule has 0 radical (unpaired) electrons. The van der Waals surface area contributed by atoms with E-state index in [1.165, 1.54) is 0 Å². The van der Waals surface area contributed by atoms with Crippen molar-refractivity contribution in [1.82, 2.24) is 10.2 Å². The molecule has 1 saturated heterocycles. The standard InChI is InChI=1S/C10H20N2O2/c1-10(2,3)11-9(14)12-5-4-8(6-12)7-13/h8,13H,4-7H2,1-3H3,(H,11,14). The number of likely N-dealkylation sites (tertiary alicyclic amines) is 1. The summed E-state index contributed by atoms with van der Waals surface area (Å²) in [4.78, 5) is 13.4. The first-order chi connectivity index (χ1) is 6.42. The average Bonchev–Trinajstić information content (AvgIpc) is 2.48. The Labute approximate surface area is 85.3 Å². The van der Waals surface area contributed by atoms with Gasteiger partial charge in [-0.3, -0.25) is 0 Å². The first-order valence-corrected chi connectivity index (χ1v) is 5.10. The number of amides is 2. The lowest BCUT2D eigenvalue weighted by molar-refractivity contribution is 0.190. The zero-order valence-electron chi connectivity index (χ0n) is 9.21. The Hall–Kier alpha value is -0.770. The number of hydrogen-bond donors (Lipinski definition) is 2. The van der Waals surface area contributed by atoms with Gasteiger partial charge in [-0.25, -0.2) is 4.79 Å². The molecule has 2 N–H and O–H groups in total. The van der Waals surface area contributed by atoms with Crippen molar-refractivity contribution in [2.75, 3.05) is 19.7 Å². The summed E-state index contributed by atoms with van der Waals surface area (Å²) in [5, 5.41) is 11.9. The molecule has 1 heterocycles. The molecule has 1 aliphatic heterocycles. The van der Waals surface area contributed by atoms with Gasteiger partial charge >= 0.3 is 6.03 Å². The summed E-state index contributed by atoms with van der Waals surface area (Å²) in [6.45, 7) is 7.50. The Morgan fingerprint density at radius 3 is 2.64 bits per heavy atom. The first kappa shape index (κ1) is 11.3. The van der Waals surface area contributed by atoms with E-state index in [1.54, 1.807) is 4.90 Å². The molecule has 4 nitrogen and oxygen atoms in total. The van der Waals surface area contributed by atoms with Crippen molar-refractivity contribution >= 4 is 6.03 Å². The van der Waals surface area contributed by atoms with Crippen LogP contribution in [0.4, 0.5) is 4.79 Å². The minimum atomic E-state index is -0.186. The van der Waals surface area contributed by atoms with Gasteiger partial charge in [-0.1, -0.05) is 0 Å². The molecule has 0 aromatic carbocycles. The maximum atomic E-state index is 11.7. The number of aliphatic hydroxyl groups is 1. The predicted octanol–water partition coefficient (Wildman–Crippen LogP) is 0.809. The van der Waals surface area contributed by atoms with Crippen LogP contribution >= 0.6 is 0 Å². The van der Waals surface area contributed by atoms with Crippen LogP contribution < -0.4 is 5.32 Å². The quantitative estimate of drug-likeness (QED) is 0.658. The third-order valence-corrected chi connectivity index (χ3v) is 2.31. The van der Waals surface area contributed by atoms with Crippen LogP contribution in [0.2, 0.25) is 0 Å². The van der Waals surface area contributed by atoms with Gasteiger partial charge in [0.2, 0.25) is 0 Å². The van der Waals surface area contributed by atoms with Crippen molar-refractivity contribution in [3.63, 3.8) is 0 Å². The highest BCUT2D eigenvalue weighted by molar-refractivity contribution is 5.75. The molecule has 1 fully saturated rings. The Bertz CT molecular complexity index is 211. The summed E-state index contributed by atoms with van der Waals surface area (Å²) in [6.07, 6.45) is 0.911. The number of nitrogens with zero attached hydrogens (tertiary/aromatic N) is 1. The predicted molar refractivity (Wildman–Crippen MR) is 55.1 cm³/mol. The summed E-state index contributed by atoms with van der Waals surface area (Å²) in [5.74, 6) is 0.265. The summed E-state index contributed by atoms with van der Waals surface area (Å²) < 4.78 is 0. The zero-order chi connectivity index (χ0) is 10.8. The summed E-state index contributed by atoms with van der Waals surface area (Å²) in [5.41, 5.74) is -0.186. The molecular formula is C10H20N2O2. The third-order valence-electron chi connectivity index (χ3n) is 2.31. The van der Waals surface area contributed by atoms with Crippen molar-refractivity contribution in [1.29, 1.82) is 0 Å². The minimum Gasteiger partial charge on any atom is -0.396 e. The fourth-order valence-electron chi connectivity index (χ4n) is 1.57. The number of carbonyl (C=O) groups is 1. The second kappa shape index (κ2) is 4.17. The monoisotopic (exact) mass is 200 g/mol. The van der Waals surface area contributed by atoms with E-state index in [9.17, 15) is 4.79 Å². The molecule has 1 atom stereocenters. The first-order valence-electron chi connectivity index (χ1n) is 5.10. The van der Waals surface area contributed by atoms with Crippen LogP contribution in [0, 0.1) is 5.92 Å². The van der Waals surface area contributed by atoms with Crippen LogP contribution in [0.15, 0.2) is 0 Å². The Kier molecular flexibility index (Phi) is 3.37. The van der Waals surface area contributed by atoms with Gasteiger partial charge in [0, 0.05) is 31.2 Å². The van der Waals surface area contributed by atoms with Gasteiger partial charge in [0.05, 0.1) is 0 Å². The van der Waals surface area contributed by atoms with Crippen LogP contribution in [-0.2, 0) is 0 Å². The molecule has 0 spiro atoms. The summed E-state index contributed by atoms with van der Waals surface area (Å²) in [7, 11) is 0. The van der Waals surface area contributed by atoms with E-state index in [1.807, 2.05) is 20.8 Å². The smallest absolute Gasteiger partial charge is 0.317 e. The van der Waals surface area contributed by atoms with Gasteiger partial charge in [0.15, 0.2) is 0 Å². The van der Waals surface area contributed by atoms with E-state index in [0.29, 0.717) is 6.54 Å². The molecule has 1 rings (SSSR count).